The third-order valence-corrected chi connectivity index (χ3v) is 4.50. The van der Waals surface area contributed by atoms with Gasteiger partial charge in [0.25, 0.3) is 0 Å². The molecule has 1 N–H and O–H groups in total. The Morgan fingerprint density at radius 1 is 1.33 bits per heavy atom. The van der Waals surface area contributed by atoms with Crippen molar-refractivity contribution in [2.75, 3.05) is 11.4 Å². The lowest BCUT2D eigenvalue weighted by molar-refractivity contribution is 0.347. The Balaban J connectivity index is 1.96. The number of hydrogen-bond donors (Lipinski definition) is 1. The molecule has 1 unspecified atom stereocenters. The molecule has 0 spiro atoms. The third-order valence-electron chi connectivity index (χ3n) is 4.50. The van der Waals surface area contributed by atoms with Gasteiger partial charge >= 0.3 is 0 Å². The van der Waals surface area contributed by atoms with Crippen molar-refractivity contribution < 1.29 is 0 Å². The van der Waals surface area contributed by atoms with Crippen LogP contribution in [-0.4, -0.2) is 26.8 Å². The average molecular weight is 285 g/mol. The van der Waals surface area contributed by atoms with E-state index in [1.54, 1.807) is 6.33 Å². The van der Waals surface area contributed by atoms with Gasteiger partial charge in [0.2, 0.25) is 0 Å². The van der Waals surface area contributed by atoms with Crippen molar-refractivity contribution in [1.82, 2.24) is 20.1 Å². The predicted molar refractivity (Wildman–Crippen MR) is 84.0 cm³/mol. The number of hydrogen-bond acceptors (Lipinski definition) is 4. The first-order chi connectivity index (χ1) is 10.1. The SMILES string of the molecule is CCC1(C)CN(Cc2ncnn2C)c2ccccc2CN1. The number of aromatic nitrogens is 3. The molecule has 0 saturated carbocycles. The highest BCUT2D eigenvalue weighted by Crippen LogP contribution is 2.28. The summed E-state index contributed by atoms with van der Waals surface area (Å²) in [7, 11) is 1.95. The van der Waals surface area contributed by atoms with Crippen LogP contribution >= 0.6 is 0 Å². The second-order valence-electron chi connectivity index (χ2n) is 6.05. The van der Waals surface area contributed by atoms with Crippen molar-refractivity contribution in [1.29, 1.82) is 0 Å². The van der Waals surface area contributed by atoms with Gasteiger partial charge in [-0.1, -0.05) is 25.1 Å². The summed E-state index contributed by atoms with van der Waals surface area (Å²) >= 11 is 0. The predicted octanol–water partition coefficient (Wildman–Crippen LogP) is 2.09. The molecule has 1 aliphatic rings. The Kier molecular flexibility index (Phi) is 3.68. The van der Waals surface area contributed by atoms with E-state index in [2.05, 4.69) is 58.4 Å². The van der Waals surface area contributed by atoms with Gasteiger partial charge in [0.05, 0.1) is 6.54 Å². The monoisotopic (exact) mass is 285 g/mol. The van der Waals surface area contributed by atoms with Crippen molar-refractivity contribution in [3.8, 4) is 0 Å². The van der Waals surface area contributed by atoms with Gasteiger partial charge in [0, 0.05) is 31.4 Å². The van der Waals surface area contributed by atoms with Crippen LogP contribution in [0.15, 0.2) is 30.6 Å². The van der Waals surface area contributed by atoms with Crippen LogP contribution in [-0.2, 0) is 20.1 Å². The minimum absolute atomic E-state index is 0.109. The fraction of sp³-hybridized carbons (Fsp3) is 0.500. The van der Waals surface area contributed by atoms with Gasteiger partial charge in [-0.05, 0) is 25.0 Å². The molecule has 3 rings (SSSR count). The van der Waals surface area contributed by atoms with Crippen LogP contribution in [0.4, 0.5) is 5.69 Å². The first-order valence-corrected chi connectivity index (χ1v) is 7.52. The van der Waals surface area contributed by atoms with Gasteiger partial charge < -0.3 is 10.2 Å². The van der Waals surface area contributed by atoms with E-state index < -0.39 is 0 Å². The Morgan fingerprint density at radius 2 is 2.14 bits per heavy atom. The highest BCUT2D eigenvalue weighted by atomic mass is 15.3. The number of anilines is 1. The molecule has 0 radical (unpaired) electrons. The van der Waals surface area contributed by atoms with Gasteiger partial charge in [-0.15, -0.1) is 0 Å². The number of rotatable bonds is 3. The number of nitrogens with zero attached hydrogens (tertiary/aromatic N) is 4. The third kappa shape index (κ3) is 2.78. The molecule has 0 fully saturated rings. The van der Waals surface area contributed by atoms with Crippen LogP contribution in [0.25, 0.3) is 0 Å². The lowest BCUT2D eigenvalue weighted by atomic mass is 9.98. The summed E-state index contributed by atoms with van der Waals surface area (Å²) in [6.45, 7) is 7.19. The molecule has 5 nitrogen and oxygen atoms in total. The summed E-state index contributed by atoms with van der Waals surface area (Å²) in [5.74, 6) is 0.991. The quantitative estimate of drug-likeness (QED) is 0.938. The van der Waals surface area contributed by atoms with Crippen LogP contribution in [0.1, 0.15) is 31.7 Å². The number of fused-ring (bicyclic) bond motifs is 1. The molecule has 21 heavy (non-hydrogen) atoms. The van der Waals surface area contributed by atoms with E-state index in [1.165, 1.54) is 11.3 Å². The summed E-state index contributed by atoms with van der Waals surface area (Å²) < 4.78 is 1.85. The molecular weight excluding hydrogens is 262 g/mol. The Hall–Kier alpha value is -1.88. The zero-order chi connectivity index (χ0) is 14.9. The standard InChI is InChI=1S/C16H23N5/c1-4-16(2)11-21(10-15-17-12-19-20(15)3)14-8-6-5-7-13(14)9-18-16/h5-8,12,18H,4,9-11H2,1-3H3. The van der Waals surface area contributed by atoms with Crippen molar-refractivity contribution in [2.45, 2.75) is 38.9 Å². The van der Waals surface area contributed by atoms with Crippen molar-refractivity contribution in [3.05, 3.63) is 42.0 Å². The number of nitrogens with one attached hydrogen (secondary N) is 1. The van der Waals surface area contributed by atoms with Gasteiger partial charge in [-0.3, -0.25) is 4.68 Å². The molecule has 112 valence electrons. The summed E-state index contributed by atoms with van der Waals surface area (Å²) in [6.07, 6.45) is 2.71. The zero-order valence-electron chi connectivity index (χ0n) is 13.0. The Morgan fingerprint density at radius 3 is 2.86 bits per heavy atom. The maximum atomic E-state index is 4.38. The van der Waals surface area contributed by atoms with E-state index >= 15 is 0 Å². The van der Waals surface area contributed by atoms with Crippen LogP contribution in [0, 0.1) is 0 Å². The van der Waals surface area contributed by atoms with E-state index in [0.717, 1.165) is 31.9 Å². The topological polar surface area (TPSA) is 46.0 Å². The number of aryl methyl sites for hydroxylation is 1. The molecule has 1 atom stereocenters. The maximum absolute atomic E-state index is 4.38. The fourth-order valence-corrected chi connectivity index (χ4v) is 2.85. The van der Waals surface area contributed by atoms with E-state index in [9.17, 15) is 0 Å². The molecular formula is C16H23N5. The van der Waals surface area contributed by atoms with Crippen molar-refractivity contribution in [3.63, 3.8) is 0 Å². The van der Waals surface area contributed by atoms with Crippen LogP contribution in [0.5, 0.6) is 0 Å². The molecule has 2 aromatic rings. The van der Waals surface area contributed by atoms with Gasteiger partial charge in [0.15, 0.2) is 0 Å². The lowest BCUT2D eigenvalue weighted by Gasteiger charge is -2.34. The van der Waals surface area contributed by atoms with Crippen LogP contribution in [0.2, 0.25) is 0 Å². The minimum atomic E-state index is 0.109. The highest BCUT2D eigenvalue weighted by Gasteiger charge is 2.29. The molecule has 0 saturated heterocycles. The molecule has 0 aliphatic carbocycles. The van der Waals surface area contributed by atoms with Gasteiger partial charge in [-0.2, -0.15) is 5.10 Å². The number of benzene rings is 1. The minimum Gasteiger partial charge on any atom is -0.362 e. The summed E-state index contributed by atoms with van der Waals surface area (Å²) in [5.41, 5.74) is 2.75. The first-order valence-electron chi connectivity index (χ1n) is 7.52. The summed E-state index contributed by atoms with van der Waals surface area (Å²) in [6, 6.07) is 8.62. The Labute approximate surface area is 126 Å². The van der Waals surface area contributed by atoms with Crippen molar-refractivity contribution in [2.24, 2.45) is 7.05 Å². The summed E-state index contributed by atoms with van der Waals surface area (Å²) in [5, 5.41) is 7.88. The molecule has 0 bridgehead atoms. The van der Waals surface area contributed by atoms with E-state index in [0.29, 0.717) is 0 Å². The average Bonchev–Trinajstić information content (AvgIpc) is 2.83. The molecule has 1 aromatic carbocycles. The van der Waals surface area contributed by atoms with Crippen LogP contribution < -0.4 is 10.2 Å². The zero-order valence-corrected chi connectivity index (χ0v) is 13.0. The van der Waals surface area contributed by atoms with Gasteiger partial charge in [0.1, 0.15) is 12.2 Å². The smallest absolute Gasteiger partial charge is 0.146 e. The number of para-hydroxylation sites is 1. The van der Waals surface area contributed by atoms with Gasteiger partial charge in [-0.25, -0.2) is 4.98 Å². The van der Waals surface area contributed by atoms with E-state index in [4.69, 9.17) is 0 Å². The first kappa shape index (κ1) is 14.1. The summed E-state index contributed by atoms with van der Waals surface area (Å²) in [4.78, 5) is 6.80. The highest BCUT2D eigenvalue weighted by molar-refractivity contribution is 5.55. The fourth-order valence-electron chi connectivity index (χ4n) is 2.85. The second kappa shape index (κ2) is 5.48. The lowest BCUT2D eigenvalue weighted by Crippen LogP contribution is -2.48. The molecule has 1 aromatic heterocycles. The molecule has 0 amide bonds. The van der Waals surface area contributed by atoms with E-state index in [-0.39, 0.29) is 5.54 Å². The van der Waals surface area contributed by atoms with E-state index in [1.807, 2.05) is 11.7 Å². The molecule has 2 heterocycles. The maximum Gasteiger partial charge on any atom is 0.146 e. The Bertz CT molecular complexity index is 621. The molecule has 5 heteroatoms. The van der Waals surface area contributed by atoms with Crippen molar-refractivity contribution >= 4 is 5.69 Å². The molecule has 1 aliphatic heterocycles. The largest absolute Gasteiger partial charge is 0.362 e. The normalized spacial score (nSPS) is 22.0. The second-order valence-corrected chi connectivity index (χ2v) is 6.05. The van der Waals surface area contributed by atoms with Crippen LogP contribution in [0.3, 0.4) is 0 Å².